The van der Waals surface area contributed by atoms with Crippen molar-refractivity contribution in [1.29, 1.82) is 0 Å². The summed E-state index contributed by atoms with van der Waals surface area (Å²) < 4.78 is 36.3. The summed E-state index contributed by atoms with van der Waals surface area (Å²) in [5.74, 6) is -0.654. The largest absolute Gasteiger partial charge is 0.493 e. The molecule has 0 spiro atoms. The van der Waals surface area contributed by atoms with Crippen LogP contribution in [-0.4, -0.2) is 62.8 Å². The molecule has 4 aromatic rings. The van der Waals surface area contributed by atoms with Crippen LogP contribution in [0.2, 0.25) is 0 Å². The van der Waals surface area contributed by atoms with Gasteiger partial charge in [0, 0.05) is 38.0 Å². The van der Waals surface area contributed by atoms with Crippen LogP contribution in [-0.2, 0) is 11.8 Å². The van der Waals surface area contributed by atoms with Crippen molar-refractivity contribution in [3.05, 3.63) is 48.4 Å². The number of hydrogen-bond donors (Lipinski definition) is 1. The van der Waals surface area contributed by atoms with Gasteiger partial charge in [-0.05, 0) is 31.5 Å². The Morgan fingerprint density at radius 3 is 2.67 bits per heavy atom. The highest BCUT2D eigenvalue weighted by atomic mass is 19.1. The molecule has 2 aliphatic rings. The number of ether oxygens (including phenoxy) is 1. The fourth-order valence-electron chi connectivity index (χ4n) is 5.30. The topological polar surface area (TPSA) is 98.1 Å². The first-order valence-electron chi connectivity index (χ1n) is 11.5. The van der Waals surface area contributed by atoms with Crippen molar-refractivity contribution in [2.45, 2.75) is 6.42 Å². The molecule has 1 saturated carbocycles. The molecule has 0 unspecified atom stereocenters. The molecular formula is C25H23F2N7O2. The fourth-order valence-corrected chi connectivity index (χ4v) is 5.30. The lowest BCUT2D eigenvalue weighted by atomic mass is 10.0. The summed E-state index contributed by atoms with van der Waals surface area (Å²) >= 11 is 0. The summed E-state index contributed by atoms with van der Waals surface area (Å²) in [5.41, 5.74) is 0.908. The van der Waals surface area contributed by atoms with Gasteiger partial charge in [0.2, 0.25) is 5.91 Å². The van der Waals surface area contributed by atoms with Crippen molar-refractivity contribution in [2.24, 2.45) is 18.4 Å². The molecule has 1 aliphatic carbocycles. The smallest absolute Gasteiger partial charge is 0.233 e. The zero-order valence-corrected chi connectivity index (χ0v) is 19.9. The molecular weight excluding hydrogens is 468 g/mol. The van der Waals surface area contributed by atoms with Crippen molar-refractivity contribution in [2.75, 3.05) is 32.6 Å². The monoisotopic (exact) mass is 491 g/mol. The third-order valence-electron chi connectivity index (χ3n) is 7.08. The normalized spacial score (nSPS) is 21.0. The number of halogens is 2. The predicted molar refractivity (Wildman–Crippen MR) is 128 cm³/mol. The molecule has 1 aromatic carbocycles. The van der Waals surface area contributed by atoms with Gasteiger partial charge < -0.3 is 15.0 Å². The van der Waals surface area contributed by atoms with E-state index in [0.717, 1.165) is 13.0 Å². The predicted octanol–water partition coefficient (Wildman–Crippen LogP) is 3.27. The Kier molecular flexibility index (Phi) is 5.01. The average molecular weight is 492 g/mol. The van der Waals surface area contributed by atoms with E-state index in [-0.39, 0.29) is 23.0 Å². The van der Waals surface area contributed by atoms with Gasteiger partial charge in [0.15, 0.2) is 11.6 Å². The van der Waals surface area contributed by atoms with E-state index in [1.807, 2.05) is 7.05 Å². The summed E-state index contributed by atoms with van der Waals surface area (Å²) in [6.07, 6.45) is 3.81. The second-order valence-electron chi connectivity index (χ2n) is 9.50. The quantitative estimate of drug-likeness (QED) is 0.458. The van der Waals surface area contributed by atoms with Crippen molar-refractivity contribution in [3.8, 4) is 28.3 Å². The maximum Gasteiger partial charge on any atom is 0.233 e. The van der Waals surface area contributed by atoms with Gasteiger partial charge in [-0.15, -0.1) is 0 Å². The molecule has 6 rings (SSSR count). The van der Waals surface area contributed by atoms with E-state index < -0.39 is 17.0 Å². The van der Waals surface area contributed by atoms with Gasteiger partial charge in [-0.2, -0.15) is 5.10 Å². The SMILES string of the molecule is COc1cc2ncnc(-c3cn(C)nc3-c3c(F)cccc3F)c2nc1NC(=O)[C@]12C[C@H]1CN(C)C2. The van der Waals surface area contributed by atoms with Gasteiger partial charge in [-0.25, -0.2) is 23.7 Å². The van der Waals surface area contributed by atoms with E-state index in [2.05, 4.69) is 30.3 Å². The summed E-state index contributed by atoms with van der Waals surface area (Å²) in [6, 6.07) is 5.31. The minimum atomic E-state index is -0.740. The minimum Gasteiger partial charge on any atom is -0.493 e. The molecule has 36 heavy (non-hydrogen) atoms. The number of piperidine rings is 1. The highest BCUT2D eigenvalue weighted by molar-refractivity contribution is 6.01. The minimum absolute atomic E-state index is 0.0880. The van der Waals surface area contributed by atoms with Crippen molar-refractivity contribution >= 4 is 22.8 Å². The molecule has 3 aromatic heterocycles. The molecule has 1 saturated heterocycles. The summed E-state index contributed by atoms with van der Waals surface area (Å²) in [4.78, 5) is 28.7. The Bertz CT molecular complexity index is 1520. The second-order valence-corrected chi connectivity index (χ2v) is 9.50. The molecule has 1 aliphatic heterocycles. The zero-order valence-electron chi connectivity index (χ0n) is 19.9. The molecule has 1 N–H and O–H groups in total. The molecule has 184 valence electrons. The van der Waals surface area contributed by atoms with Gasteiger partial charge in [0.05, 0.1) is 23.6 Å². The molecule has 0 bridgehead atoms. The number of nitrogens with one attached hydrogen (secondary N) is 1. The first-order chi connectivity index (χ1) is 17.3. The number of fused-ring (bicyclic) bond motifs is 2. The average Bonchev–Trinajstić information content (AvgIpc) is 3.21. The third-order valence-corrected chi connectivity index (χ3v) is 7.08. The number of amides is 1. The van der Waals surface area contributed by atoms with Gasteiger partial charge in [0.1, 0.15) is 34.9 Å². The molecule has 4 heterocycles. The van der Waals surface area contributed by atoms with Crippen LogP contribution in [0.5, 0.6) is 5.75 Å². The first kappa shape index (κ1) is 22.5. The molecule has 9 nitrogen and oxygen atoms in total. The Morgan fingerprint density at radius 1 is 1.19 bits per heavy atom. The van der Waals surface area contributed by atoms with Crippen LogP contribution in [0, 0.1) is 23.0 Å². The lowest BCUT2D eigenvalue weighted by Gasteiger charge is -2.17. The number of pyridine rings is 1. The maximum atomic E-state index is 14.7. The molecule has 2 fully saturated rings. The molecule has 2 atom stereocenters. The van der Waals surface area contributed by atoms with Crippen LogP contribution in [0.25, 0.3) is 33.5 Å². The third kappa shape index (κ3) is 3.41. The maximum absolute atomic E-state index is 14.7. The van der Waals surface area contributed by atoms with Crippen molar-refractivity contribution in [3.63, 3.8) is 0 Å². The van der Waals surface area contributed by atoms with Crippen LogP contribution in [0.15, 0.2) is 36.8 Å². The number of likely N-dealkylation sites (tertiary alicyclic amines) is 1. The summed E-state index contributed by atoms with van der Waals surface area (Å²) in [5, 5.41) is 7.26. The standard InChI is InChI=1S/C25H23F2N7O2/c1-33-9-13-8-25(13,11-33)24(35)31-23-18(36-3)7-17-22(30-23)21(29-12-28-17)14-10-34(2)32-20(14)19-15(26)5-4-6-16(19)27/h4-7,10,12-13H,8-9,11H2,1-3H3,(H,30,31,35)/t13-,25-/m0/s1. The van der Waals surface area contributed by atoms with Crippen LogP contribution in [0.1, 0.15) is 6.42 Å². The van der Waals surface area contributed by atoms with Gasteiger partial charge >= 0.3 is 0 Å². The Balaban J connectivity index is 1.48. The van der Waals surface area contributed by atoms with Crippen molar-refractivity contribution < 1.29 is 18.3 Å². The molecule has 0 radical (unpaired) electrons. The van der Waals surface area contributed by atoms with E-state index in [0.29, 0.717) is 40.5 Å². The summed E-state index contributed by atoms with van der Waals surface area (Å²) in [7, 11) is 5.15. The van der Waals surface area contributed by atoms with Crippen LogP contribution < -0.4 is 10.1 Å². The lowest BCUT2D eigenvalue weighted by molar-refractivity contribution is -0.121. The first-order valence-corrected chi connectivity index (χ1v) is 11.5. The highest BCUT2D eigenvalue weighted by Crippen LogP contribution is 2.58. The lowest BCUT2D eigenvalue weighted by Crippen LogP contribution is -2.31. The van der Waals surface area contributed by atoms with Crippen LogP contribution in [0.3, 0.4) is 0 Å². The highest BCUT2D eigenvalue weighted by Gasteiger charge is 2.64. The zero-order chi connectivity index (χ0) is 25.2. The number of carbonyl (C=O) groups is 1. The van der Waals surface area contributed by atoms with Gasteiger partial charge in [-0.1, -0.05) is 6.07 Å². The Morgan fingerprint density at radius 2 is 1.97 bits per heavy atom. The number of nitrogens with zero attached hydrogens (tertiary/aromatic N) is 6. The van der Waals surface area contributed by atoms with E-state index in [4.69, 9.17) is 4.74 Å². The second kappa shape index (κ2) is 8.02. The number of methoxy groups -OCH3 is 1. The number of hydrogen-bond acceptors (Lipinski definition) is 7. The van der Waals surface area contributed by atoms with E-state index >= 15 is 0 Å². The van der Waals surface area contributed by atoms with Crippen LogP contribution in [0.4, 0.5) is 14.6 Å². The summed E-state index contributed by atoms with van der Waals surface area (Å²) in [6.45, 7) is 1.59. The number of rotatable bonds is 5. The van der Waals surface area contributed by atoms with E-state index in [1.165, 1.54) is 36.3 Å². The number of anilines is 1. The van der Waals surface area contributed by atoms with Crippen LogP contribution >= 0.6 is 0 Å². The van der Waals surface area contributed by atoms with E-state index in [9.17, 15) is 13.6 Å². The van der Waals surface area contributed by atoms with Crippen molar-refractivity contribution in [1.82, 2.24) is 29.6 Å². The van der Waals surface area contributed by atoms with E-state index in [1.54, 1.807) is 19.3 Å². The molecule has 11 heteroatoms. The Labute approximate surface area is 205 Å². The van der Waals surface area contributed by atoms with Gasteiger partial charge in [-0.3, -0.25) is 9.48 Å². The number of benzene rings is 1. The number of aryl methyl sites for hydroxylation is 1. The van der Waals surface area contributed by atoms with Gasteiger partial charge in [0.25, 0.3) is 0 Å². The number of aromatic nitrogens is 5. The Hall–Kier alpha value is -3.99. The molecule has 1 amide bonds. The number of carbonyl (C=O) groups excluding carboxylic acids is 1. The fraction of sp³-hybridized carbons (Fsp3) is 0.320.